The van der Waals surface area contributed by atoms with Gasteiger partial charge in [-0.3, -0.25) is 4.68 Å². The van der Waals surface area contributed by atoms with Gasteiger partial charge in [-0.1, -0.05) is 26.2 Å². The second kappa shape index (κ2) is 5.21. The fourth-order valence-corrected chi connectivity index (χ4v) is 3.04. The minimum atomic E-state index is -0.628. The lowest BCUT2D eigenvalue weighted by atomic mass is 9.88. The maximum atomic E-state index is 10.8. The molecule has 0 spiro atoms. The zero-order valence-electron chi connectivity index (χ0n) is 11.0. The molecule has 2 unspecified atom stereocenters. The van der Waals surface area contributed by atoms with Gasteiger partial charge in [-0.15, -0.1) is 0 Å². The van der Waals surface area contributed by atoms with E-state index in [1.54, 1.807) is 4.68 Å². The highest BCUT2D eigenvalue weighted by molar-refractivity contribution is 5.15. The Bertz CT molecular complexity index is 361. The van der Waals surface area contributed by atoms with Crippen LogP contribution in [0.4, 0.5) is 0 Å². The minimum Gasteiger partial charge on any atom is -0.385 e. The Kier molecular flexibility index (Phi) is 3.87. The molecule has 1 aliphatic rings. The quantitative estimate of drug-likeness (QED) is 0.819. The molecule has 3 nitrogen and oxygen atoms in total. The number of aromatic nitrogens is 2. The van der Waals surface area contributed by atoms with Crippen molar-refractivity contribution in [3.05, 3.63) is 18.0 Å². The predicted octanol–water partition coefficient (Wildman–Crippen LogP) is 2.99. The van der Waals surface area contributed by atoms with Gasteiger partial charge in [-0.2, -0.15) is 5.10 Å². The van der Waals surface area contributed by atoms with E-state index < -0.39 is 5.60 Å². The second-order valence-electron chi connectivity index (χ2n) is 5.52. The van der Waals surface area contributed by atoms with Crippen molar-refractivity contribution in [2.45, 2.75) is 57.5 Å². The summed E-state index contributed by atoms with van der Waals surface area (Å²) in [4.78, 5) is 0. The Balaban J connectivity index is 2.06. The number of rotatable bonds is 3. The molecule has 1 saturated carbocycles. The van der Waals surface area contributed by atoms with Crippen LogP contribution in [0.2, 0.25) is 0 Å². The van der Waals surface area contributed by atoms with Crippen molar-refractivity contribution < 1.29 is 5.11 Å². The average Bonchev–Trinajstić information content (AvgIpc) is 2.65. The Morgan fingerprint density at radius 1 is 1.47 bits per heavy atom. The van der Waals surface area contributed by atoms with Gasteiger partial charge in [0, 0.05) is 18.8 Å². The van der Waals surface area contributed by atoms with Crippen LogP contribution in [-0.2, 0) is 12.6 Å². The molecule has 0 aromatic carbocycles. The van der Waals surface area contributed by atoms with Gasteiger partial charge in [0.2, 0.25) is 0 Å². The average molecular weight is 236 g/mol. The summed E-state index contributed by atoms with van der Waals surface area (Å²) in [6, 6.07) is 0. The summed E-state index contributed by atoms with van der Waals surface area (Å²) in [5.41, 5.74) is 0.369. The standard InChI is InChI=1S/C14H24N2O/c1-3-5-12-6-4-8-14(17,9-7-12)13-10-15-16(2)11-13/h10-12,17H,3-9H2,1-2H3. The van der Waals surface area contributed by atoms with Gasteiger partial charge in [0.25, 0.3) is 0 Å². The molecule has 0 saturated heterocycles. The van der Waals surface area contributed by atoms with Crippen molar-refractivity contribution in [1.82, 2.24) is 9.78 Å². The van der Waals surface area contributed by atoms with Crippen molar-refractivity contribution in [3.8, 4) is 0 Å². The predicted molar refractivity (Wildman–Crippen MR) is 68.6 cm³/mol. The molecule has 1 aromatic heterocycles. The van der Waals surface area contributed by atoms with Crippen LogP contribution in [0.15, 0.2) is 12.4 Å². The van der Waals surface area contributed by atoms with E-state index in [9.17, 15) is 5.11 Å². The van der Waals surface area contributed by atoms with E-state index in [0.29, 0.717) is 0 Å². The van der Waals surface area contributed by atoms with Crippen LogP contribution in [0, 0.1) is 5.92 Å². The second-order valence-corrected chi connectivity index (χ2v) is 5.52. The minimum absolute atomic E-state index is 0.628. The summed E-state index contributed by atoms with van der Waals surface area (Å²) in [6.45, 7) is 2.25. The van der Waals surface area contributed by atoms with Crippen LogP contribution in [0.25, 0.3) is 0 Å². The maximum Gasteiger partial charge on any atom is 0.0927 e. The first kappa shape index (κ1) is 12.6. The fraction of sp³-hybridized carbons (Fsp3) is 0.786. The zero-order chi connectivity index (χ0) is 12.3. The van der Waals surface area contributed by atoms with Crippen LogP contribution >= 0.6 is 0 Å². The number of aliphatic hydroxyl groups is 1. The lowest BCUT2D eigenvalue weighted by Crippen LogP contribution is -2.24. The van der Waals surface area contributed by atoms with E-state index in [4.69, 9.17) is 0 Å². The van der Waals surface area contributed by atoms with E-state index in [2.05, 4.69) is 12.0 Å². The van der Waals surface area contributed by atoms with Gasteiger partial charge in [-0.25, -0.2) is 0 Å². The van der Waals surface area contributed by atoms with Crippen LogP contribution in [-0.4, -0.2) is 14.9 Å². The normalized spacial score (nSPS) is 30.2. The van der Waals surface area contributed by atoms with Crippen molar-refractivity contribution in [2.75, 3.05) is 0 Å². The highest BCUT2D eigenvalue weighted by Crippen LogP contribution is 2.38. The van der Waals surface area contributed by atoms with Crippen LogP contribution < -0.4 is 0 Å². The molecule has 3 heteroatoms. The molecule has 2 atom stereocenters. The lowest BCUT2D eigenvalue weighted by Gasteiger charge is -2.25. The highest BCUT2D eigenvalue weighted by atomic mass is 16.3. The summed E-state index contributed by atoms with van der Waals surface area (Å²) in [5, 5.41) is 14.9. The summed E-state index contributed by atoms with van der Waals surface area (Å²) in [6.07, 6.45) is 11.7. The number of hydrogen-bond donors (Lipinski definition) is 1. The molecular weight excluding hydrogens is 212 g/mol. The van der Waals surface area contributed by atoms with Crippen molar-refractivity contribution >= 4 is 0 Å². The van der Waals surface area contributed by atoms with Gasteiger partial charge in [-0.05, 0) is 31.6 Å². The van der Waals surface area contributed by atoms with E-state index in [0.717, 1.165) is 37.2 Å². The first-order valence-corrected chi connectivity index (χ1v) is 6.85. The molecule has 0 amide bonds. The topological polar surface area (TPSA) is 38.1 Å². The van der Waals surface area contributed by atoms with E-state index in [1.807, 2.05) is 19.4 Å². The molecule has 0 aliphatic heterocycles. The van der Waals surface area contributed by atoms with Crippen LogP contribution in [0.1, 0.15) is 57.4 Å². The summed E-state index contributed by atoms with van der Waals surface area (Å²) in [7, 11) is 1.91. The van der Waals surface area contributed by atoms with Gasteiger partial charge in [0.05, 0.1) is 11.8 Å². The van der Waals surface area contributed by atoms with Crippen molar-refractivity contribution in [3.63, 3.8) is 0 Å². The molecule has 1 fully saturated rings. The fourth-order valence-electron chi connectivity index (χ4n) is 3.04. The Morgan fingerprint density at radius 3 is 2.94 bits per heavy atom. The number of aryl methyl sites for hydroxylation is 1. The SMILES string of the molecule is CCCC1CCCC(O)(c2cnn(C)c2)CC1. The molecule has 17 heavy (non-hydrogen) atoms. The largest absolute Gasteiger partial charge is 0.385 e. The third-order valence-corrected chi connectivity index (χ3v) is 4.11. The molecule has 0 radical (unpaired) electrons. The van der Waals surface area contributed by atoms with Crippen LogP contribution in [0.3, 0.4) is 0 Å². The lowest BCUT2D eigenvalue weighted by molar-refractivity contribution is 0.0195. The molecule has 1 heterocycles. The molecule has 1 aromatic rings. The molecule has 96 valence electrons. The smallest absolute Gasteiger partial charge is 0.0927 e. The molecular formula is C14H24N2O. The Hall–Kier alpha value is -0.830. The number of nitrogens with zero attached hydrogens (tertiary/aromatic N) is 2. The van der Waals surface area contributed by atoms with Gasteiger partial charge < -0.3 is 5.11 Å². The number of hydrogen-bond acceptors (Lipinski definition) is 2. The monoisotopic (exact) mass is 236 g/mol. The summed E-state index contributed by atoms with van der Waals surface area (Å²) < 4.78 is 1.78. The molecule has 1 N–H and O–H groups in total. The maximum absolute atomic E-state index is 10.8. The Morgan fingerprint density at radius 2 is 2.29 bits per heavy atom. The van der Waals surface area contributed by atoms with Gasteiger partial charge >= 0.3 is 0 Å². The van der Waals surface area contributed by atoms with Gasteiger partial charge in [0.15, 0.2) is 0 Å². The van der Waals surface area contributed by atoms with E-state index in [1.165, 1.54) is 19.3 Å². The van der Waals surface area contributed by atoms with Crippen LogP contribution in [0.5, 0.6) is 0 Å². The highest BCUT2D eigenvalue weighted by Gasteiger charge is 2.33. The summed E-state index contributed by atoms with van der Waals surface area (Å²) in [5.74, 6) is 0.811. The first-order valence-electron chi connectivity index (χ1n) is 6.85. The van der Waals surface area contributed by atoms with Gasteiger partial charge in [0.1, 0.15) is 0 Å². The van der Waals surface area contributed by atoms with Crippen molar-refractivity contribution in [1.29, 1.82) is 0 Å². The molecule has 1 aliphatic carbocycles. The third kappa shape index (κ3) is 2.89. The molecule has 0 bridgehead atoms. The first-order chi connectivity index (χ1) is 8.14. The van der Waals surface area contributed by atoms with Crippen molar-refractivity contribution in [2.24, 2.45) is 13.0 Å². The molecule has 2 rings (SSSR count). The Labute approximate surface area is 104 Å². The summed E-state index contributed by atoms with van der Waals surface area (Å²) >= 11 is 0. The van der Waals surface area contributed by atoms with E-state index in [-0.39, 0.29) is 0 Å². The van der Waals surface area contributed by atoms with E-state index >= 15 is 0 Å². The third-order valence-electron chi connectivity index (χ3n) is 4.11. The zero-order valence-corrected chi connectivity index (χ0v) is 11.0.